The van der Waals surface area contributed by atoms with Crippen molar-refractivity contribution >= 4 is 22.2 Å². The van der Waals surface area contributed by atoms with Crippen LogP contribution in [0.15, 0.2) is 0 Å². The van der Waals surface area contributed by atoms with Crippen LogP contribution < -0.4 is 0 Å². The van der Waals surface area contributed by atoms with Gasteiger partial charge >= 0.3 is 19.5 Å². The molecule has 0 heterocycles. The summed E-state index contributed by atoms with van der Waals surface area (Å²) in [6.07, 6.45) is 0. The number of hydrogen-bond acceptors (Lipinski definition) is 6. The van der Waals surface area contributed by atoms with Crippen molar-refractivity contribution in [2.75, 3.05) is 0 Å². The minimum absolute atomic E-state index is 0. The third-order valence-electron chi connectivity index (χ3n) is 0. The van der Waals surface area contributed by atoms with Crippen LogP contribution in [-0.4, -0.2) is 0 Å². The van der Waals surface area contributed by atoms with Gasteiger partial charge in [-0.05, 0) is 0 Å². The van der Waals surface area contributed by atoms with Crippen molar-refractivity contribution in [1.82, 2.24) is 0 Å². The molecule has 0 amide bonds. The van der Waals surface area contributed by atoms with E-state index in [1.165, 1.54) is 0 Å². The molecule has 0 atom stereocenters. The van der Waals surface area contributed by atoms with E-state index in [0.29, 0.717) is 0 Å². The monoisotopic (exact) mass is 268 g/mol. The molecular weight excluding hydrogens is 267 g/mol. The number of hydrogen-bond donors (Lipinski definition) is 0. The molecule has 58 valence electrons. The molecule has 0 fully saturated rings. The number of rotatable bonds is 0. The maximum atomic E-state index is 9.92. The van der Waals surface area contributed by atoms with E-state index >= 15 is 0 Å². The van der Waals surface area contributed by atoms with Crippen LogP contribution >= 0.6 is 0 Å². The van der Waals surface area contributed by atoms with Crippen molar-refractivity contribution in [2.45, 2.75) is 0 Å². The molecule has 0 aromatic heterocycles. The van der Waals surface area contributed by atoms with Gasteiger partial charge in [-0.15, -0.1) is 0 Å². The minimum Gasteiger partial charge on any atom is -0.392 e. The normalized spacial score (nSPS) is 7.56. The van der Waals surface area contributed by atoms with Crippen molar-refractivity contribution in [3.8, 4) is 0 Å². The summed E-state index contributed by atoms with van der Waals surface area (Å²) < 4.78 is 53.2. The summed E-state index contributed by atoms with van der Waals surface area (Å²) in [5.74, 6) is 0. The predicted molar refractivity (Wildman–Crippen MR) is 19.7 cm³/mol. The molecule has 0 N–H and O–H groups in total. The van der Waals surface area contributed by atoms with Crippen molar-refractivity contribution in [3.05, 3.63) is 0 Å². The van der Waals surface area contributed by atoms with Gasteiger partial charge in [0.1, 0.15) is 0 Å². The van der Waals surface area contributed by atoms with Gasteiger partial charge in [0.15, 0.2) is 0 Å². The smallest absolute Gasteiger partial charge is 0.392 e. The van der Waals surface area contributed by atoms with Crippen LogP contribution in [0.2, 0.25) is 0 Å². The molecule has 0 radical (unpaired) electrons. The molecule has 0 aromatic carbocycles. The zero-order valence-electron chi connectivity index (χ0n) is 3.56. The maximum Gasteiger partial charge on any atom is 2.00 e. The Bertz CT molecular complexity index is 133. The van der Waals surface area contributed by atoms with Gasteiger partial charge in [0, 0.05) is 0 Å². The Morgan fingerprint density at radius 2 is 0.778 bits per heavy atom. The zero-order chi connectivity index (χ0) is 7.15. The first-order chi connectivity index (χ1) is 3.46. The third-order valence-corrected chi connectivity index (χ3v) is 0. The first-order valence-corrected chi connectivity index (χ1v) is 2.93. The molecule has 0 saturated carbocycles. The van der Waals surface area contributed by atoms with E-state index in [4.69, 9.17) is 16.8 Å². The summed E-state index contributed by atoms with van der Waals surface area (Å²) in [6, 6.07) is 0. The standard InChI is InChI=1S/2FO2S.Ru/c2*1-4(2)3;/q2*-1;+2. The summed E-state index contributed by atoms with van der Waals surface area (Å²) in [6.45, 7) is 0. The first kappa shape index (κ1) is 16.2. The fraction of sp³-hybridized carbons (Fsp3) is 0. The minimum atomic E-state index is -3.36. The van der Waals surface area contributed by atoms with Crippen LogP contribution in [0.25, 0.3) is 0 Å². The van der Waals surface area contributed by atoms with Crippen molar-refractivity contribution in [3.63, 3.8) is 0 Å². The van der Waals surface area contributed by atoms with E-state index in [-0.39, 0.29) is 19.5 Å². The third kappa shape index (κ3) is 2320. The molecule has 0 spiro atoms. The maximum absolute atomic E-state index is 9.92. The van der Waals surface area contributed by atoms with Crippen LogP contribution in [0.5, 0.6) is 0 Å². The Kier molecular flexibility index (Phi) is 20.2. The fourth-order valence-corrected chi connectivity index (χ4v) is 0. The van der Waals surface area contributed by atoms with Gasteiger partial charge in [0.25, 0.3) is 0 Å². The van der Waals surface area contributed by atoms with Crippen molar-refractivity contribution in [1.29, 1.82) is 0 Å². The Hall–Kier alpha value is 0.383. The second-order valence-electron chi connectivity index (χ2n) is 0.388. The van der Waals surface area contributed by atoms with Gasteiger partial charge in [-0.25, -0.2) is 0 Å². The summed E-state index contributed by atoms with van der Waals surface area (Å²) in [7, 11) is 0. The van der Waals surface area contributed by atoms with E-state index in [1.54, 1.807) is 0 Å². The molecular formula is F2O4RuS2. The van der Waals surface area contributed by atoms with E-state index in [0.717, 1.165) is 0 Å². The van der Waals surface area contributed by atoms with E-state index in [9.17, 15) is 7.77 Å². The van der Waals surface area contributed by atoms with Crippen molar-refractivity contribution < 1.29 is 44.1 Å². The summed E-state index contributed by atoms with van der Waals surface area (Å²) in [4.78, 5) is 0. The van der Waals surface area contributed by atoms with Crippen LogP contribution in [0, 0.1) is 0 Å². The first-order valence-electron chi connectivity index (χ1n) is 0.975. The molecule has 4 nitrogen and oxygen atoms in total. The van der Waals surface area contributed by atoms with Crippen LogP contribution in [0.1, 0.15) is 0 Å². The van der Waals surface area contributed by atoms with Crippen LogP contribution in [0.4, 0.5) is 7.77 Å². The molecule has 0 rings (SSSR count). The molecule has 0 aliphatic rings. The fourth-order valence-electron chi connectivity index (χ4n) is 0. The molecule has 0 aliphatic heterocycles. The molecule has 0 unspecified atom stereocenters. The second kappa shape index (κ2) is 11.2. The Balaban J connectivity index is -0.0000000720. The molecule has 0 aliphatic carbocycles. The molecule has 0 bridgehead atoms. The van der Waals surface area contributed by atoms with E-state index in [2.05, 4.69) is 0 Å². The number of halogens is 2. The Morgan fingerprint density at radius 1 is 0.778 bits per heavy atom. The topological polar surface area (TPSA) is 68.3 Å². The SMILES string of the molecule is O=[S-](=O)F.O=[S-](=O)F.[Ru+2]. The second-order valence-corrected chi connectivity index (χ2v) is 1.16. The van der Waals surface area contributed by atoms with E-state index in [1.807, 2.05) is 0 Å². The van der Waals surface area contributed by atoms with Gasteiger partial charge in [-0.2, -0.15) is 0 Å². The molecule has 0 saturated heterocycles. The van der Waals surface area contributed by atoms with Crippen LogP contribution in [0.3, 0.4) is 0 Å². The largest absolute Gasteiger partial charge is 2.00 e. The van der Waals surface area contributed by atoms with Gasteiger partial charge in [-0.1, -0.05) is 0 Å². The van der Waals surface area contributed by atoms with Gasteiger partial charge < -0.3 is 24.6 Å². The quantitative estimate of drug-likeness (QED) is 0.361. The van der Waals surface area contributed by atoms with Gasteiger partial charge in [0.2, 0.25) is 0 Å². The summed E-state index contributed by atoms with van der Waals surface area (Å²) >= 11 is -6.72. The van der Waals surface area contributed by atoms with Crippen molar-refractivity contribution in [2.24, 2.45) is 0 Å². The van der Waals surface area contributed by atoms with E-state index < -0.39 is 22.2 Å². The Labute approximate surface area is 66.5 Å². The molecule has 9 heteroatoms. The predicted octanol–water partition coefficient (Wildman–Crippen LogP) is 0.358. The molecule has 9 heavy (non-hydrogen) atoms. The zero-order valence-corrected chi connectivity index (χ0v) is 6.93. The average Bonchev–Trinajstić information content (AvgIpc) is 1.25. The Morgan fingerprint density at radius 3 is 0.778 bits per heavy atom. The summed E-state index contributed by atoms with van der Waals surface area (Å²) in [5.41, 5.74) is 0. The summed E-state index contributed by atoms with van der Waals surface area (Å²) in [5, 5.41) is 0. The van der Waals surface area contributed by atoms with Gasteiger partial charge in [-0.3, -0.25) is 0 Å². The molecule has 0 aromatic rings. The average molecular weight is 267 g/mol. The van der Waals surface area contributed by atoms with Gasteiger partial charge in [0.05, 0.1) is 22.2 Å². The van der Waals surface area contributed by atoms with Crippen LogP contribution in [-0.2, 0) is 58.5 Å².